The number of carbonyl (C=O) groups is 1. The van der Waals surface area contributed by atoms with E-state index in [2.05, 4.69) is 10.1 Å². The standard InChI is InChI=1S/C17H13N3O3/c1-11-4-6-12(7-5-11)15-9-14(17(22)23)16(21)20(19-15)13-3-2-8-18-10-13/h2-10H,1H3,(H,22,23). The molecule has 0 saturated carbocycles. The Bertz CT molecular complexity index is 916. The third-order valence-corrected chi connectivity index (χ3v) is 3.38. The Balaban J connectivity index is 2.26. The van der Waals surface area contributed by atoms with Crippen molar-refractivity contribution in [2.24, 2.45) is 0 Å². The van der Waals surface area contributed by atoms with Crippen LogP contribution in [0.4, 0.5) is 0 Å². The van der Waals surface area contributed by atoms with E-state index in [0.717, 1.165) is 15.8 Å². The predicted molar refractivity (Wildman–Crippen MR) is 84.8 cm³/mol. The third-order valence-electron chi connectivity index (χ3n) is 3.38. The Kier molecular flexibility index (Phi) is 3.72. The van der Waals surface area contributed by atoms with Gasteiger partial charge in [0.25, 0.3) is 5.56 Å². The first-order valence-corrected chi connectivity index (χ1v) is 6.91. The first-order chi connectivity index (χ1) is 11.1. The van der Waals surface area contributed by atoms with Crippen LogP contribution in [0.5, 0.6) is 0 Å². The van der Waals surface area contributed by atoms with Gasteiger partial charge in [-0.25, -0.2) is 4.79 Å². The Morgan fingerprint density at radius 1 is 1.17 bits per heavy atom. The molecule has 0 spiro atoms. The van der Waals surface area contributed by atoms with Crippen LogP contribution in [-0.2, 0) is 0 Å². The van der Waals surface area contributed by atoms with Crippen LogP contribution in [-0.4, -0.2) is 25.8 Å². The normalized spacial score (nSPS) is 10.5. The number of nitrogens with zero attached hydrogens (tertiary/aromatic N) is 3. The predicted octanol–water partition coefficient (Wildman–Crippen LogP) is 2.30. The fourth-order valence-corrected chi connectivity index (χ4v) is 2.17. The van der Waals surface area contributed by atoms with E-state index >= 15 is 0 Å². The monoisotopic (exact) mass is 307 g/mol. The van der Waals surface area contributed by atoms with Gasteiger partial charge in [-0.05, 0) is 25.1 Å². The summed E-state index contributed by atoms with van der Waals surface area (Å²) >= 11 is 0. The topological polar surface area (TPSA) is 85.1 Å². The zero-order chi connectivity index (χ0) is 16.4. The minimum atomic E-state index is -1.29. The number of hydrogen-bond acceptors (Lipinski definition) is 4. The third kappa shape index (κ3) is 2.87. The molecule has 1 N–H and O–H groups in total. The minimum absolute atomic E-state index is 0.334. The van der Waals surface area contributed by atoms with Crippen molar-refractivity contribution in [3.63, 3.8) is 0 Å². The lowest BCUT2D eigenvalue weighted by Gasteiger charge is -2.09. The number of carboxylic acid groups (broad SMARTS) is 1. The van der Waals surface area contributed by atoms with Crippen molar-refractivity contribution in [3.8, 4) is 16.9 Å². The number of carboxylic acids is 1. The molecule has 0 unspecified atom stereocenters. The highest BCUT2D eigenvalue weighted by Gasteiger charge is 2.16. The molecule has 2 heterocycles. The molecule has 6 nitrogen and oxygen atoms in total. The SMILES string of the molecule is Cc1ccc(-c2cc(C(=O)O)c(=O)n(-c3cccnc3)n2)cc1. The smallest absolute Gasteiger partial charge is 0.341 e. The van der Waals surface area contributed by atoms with Crippen LogP contribution in [0.3, 0.4) is 0 Å². The summed E-state index contributed by atoms with van der Waals surface area (Å²) in [5.41, 5.74) is 1.60. The van der Waals surface area contributed by atoms with Gasteiger partial charge < -0.3 is 5.11 Å². The van der Waals surface area contributed by atoms with Crippen molar-refractivity contribution in [2.75, 3.05) is 0 Å². The average Bonchev–Trinajstić information content (AvgIpc) is 2.56. The van der Waals surface area contributed by atoms with E-state index in [0.29, 0.717) is 11.4 Å². The summed E-state index contributed by atoms with van der Waals surface area (Å²) in [6, 6.07) is 12.1. The highest BCUT2D eigenvalue weighted by Crippen LogP contribution is 2.18. The summed E-state index contributed by atoms with van der Waals surface area (Å²) in [6.07, 6.45) is 3.02. The highest BCUT2D eigenvalue weighted by molar-refractivity contribution is 5.88. The second-order valence-electron chi connectivity index (χ2n) is 5.04. The van der Waals surface area contributed by atoms with Gasteiger partial charge in [-0.3, -0.25) is 9.78 Å². The maximum absolute atomic E-state index is 12.3. The summed E-state index contributed by atoms with van der Waals surface area (Å²) < 4.78 is 1.06. The van der Waals surface area contributed by atoms with Gasteiger partial charge in [0.05, 0.1) is 17.6 Å². The first-order valence-electron chi connectivity index (χ1n) is 6.91. The Morgan fingerprint density at radius 2 is 1.91 bits per heavy atom. The van der Waals surface area contributed by atoms with E-state index < -0.39 is 11.5 Å². The fraction of sp³-hybridized carbons (Fsp3) is 0.0588. The molecule has 1 aromatic carbocycles. The number of hydrogen-bond donors (Lipinski definition) is 1. The molecule has 0 aliphatic rings. The molecule has 0 fully saturated rings. The quantitative estimate of drug-likeness (QED) is 0.802. The molecule has 6 heteroatoms. The van der Waals surface area contributed by atoms with E-state index in [1.165, 1.54) is 12.3 Å². The highest BCUT2D eigenvalue weighted by atomic mass is 16.4. The molecule has 114 valence electrons. The van der Waals surface area contributed by atoms with Crippen molar-refractivity contribution in [2.45, 2.75) is 6.92 Å². The van der Waals surface area contributed by atoms with Crippen LogP contribution < -0.4 is 5.56 Å². The number of aryl methyl sites for hydroxylation is 1. The minimum Gasteiger partial charge on any atom is -0.477 e. The average molecular weight is 307 g/mol. The fourth-order valence-electron chi connectivity index (χ4n) is 2.17. The maximum atomic E-state index is 12.3. The summed E-state index contributed by atoms with van der Waals surface area (Å²) in [5, 5.41) is 13.6. The summed E-state index contributed by atoms with van der Waals surface area (Å²) in [7, 11) is 0. The summed E-state index contributed by atoms with van der Waals surface area (Å²) in [6.45, 7) is 1.95. The van der Waals surface area contributed by atoms with E-state index in [9.17, 15) is 14.7 Å². The second-order valence-corrected chi connectivity index (χ2v) is 5.04. The number of aromatic carboxylic acids is 1. The second kappa shape index (κ2) is 5.84. The van der Waals surface area contributed by atoms with Crippen LogP contribution in [0.15, 0.2) is 59.7 Å². The van der Waals surface area contributed by atoms with Crippen LogP contribution in [0.1, 0.15) is 15.9 Å². The molecule has 0 atom stereocenters. The van der Waals surface area contributed by atoms with E-state index in [1.54, 1.807) is 18.3 Å². The molecule has 3 aromatic rings. The molecule has 2 aromatic heterocycles. The molecular formula is C17H13N3O3. The number of aromatic nitrogens is 3. The van der Waals surface area contributed by atoms with Gasteiger partial charge >= 0.3 is 5.97 Å². The van der Waals surface area contributed by atoms with E-state index in [4.69, 9.17) is 0 Å². The Morgan fingerprint density at radius 3 is 2.52 bits per heavy atom. The molecule has 23 heavy (non-hydrogen) atoms. The molecule has 0 amide bonds. The first kappa shape index (κ1) is 14.6. The molecule has 0 aliphatic carbocycles. The zero-order valence-corrected chi connectivity index (χ0v) is 12.3. The summed E-state index contributed by atoms with van der Waals surface area (Å²) in [4.78, 5) is 27.7. The molecule has 0 bridgehead atoms. The number of pyridine rings is 1. The van der Waals surface area contributed by atoms with Crippen molar-refractivity contribution in [3.05, 3.63) is 76.3 Å². The summed E-state index contributed by atoms with van der Waals surface area (Å²) in [5.74, 6) is -1.29. The molecule has 0 radical (unpaired) electrons. The molecular weight excluding hydrogens is 294 g/mol. The van der Waals surface area contributed by atoms with Gasteiger partial charge in [-0.15, -0.1) is 0 Å². The largest absolute Gasteiger partial charge is 0.477 e. The van der Waals surface area contributed by atoms with Gasteiger partial charge in [-0.2, -0.15) is 9.78 Å². The Labute approximate surface area is 131 Å². The van der Waals surface area contributed by atoms with Gasteiger partial charge in [0, 0.05) is 11.8 Å². The molecule has 0 aliphatic heterocycles. The lowest BCUT2D eigenvalue weighted by atomic mass is 10.1. The lowest BCUT2D eigenvalue weighted by molar-refractivity contribution is 0.0694. The lowest BCUT2D eigenvalue weighted by Crippen LogP contribution is -2.27. The maximum Gasteiger partial charge on any atom is 0.341 e. The van der Waals surface area contributed by atoms with Gasteiger partial charge in [-0.1, -0.05) is 29.8 Å². The van der Waals surface area contributed by atoms with E-state index in [1.807, 2.05) is 31.2 Å². The number of benzene rings is 1. The Hall–Kier alpha value is -3.28. The van der Waals surface area contributed by atoms with Crippen LogP contribution in [0.2, 0.25) is 0 Å². The van der Waals surface area contributed by atoms with Crippen molar-refractivity contribution >= 4 is 5.97 Å². The van der Waals surface area contributed by atoms with Crippen LogP contribution >= 0.6 is 0 Å². The number of rotatable bonds is 3. The van der Waals surface area contributed by atoms with E-state index in [-0.39, 0.29) is 5.56 Å². The van der Waals surface area contributed by atoms with Crippen molar-refractivity contribution in [1.29, 1.82) is 0 Å². The molecule has 0 saturated heterocycles. The van der Waals surface area contributed by atoms with Gasteiger partial charge in [0.15, 0.2) is 0 Å². The zero-order valence-electron chi connectivity index (χ0n) is 12.3. The van der Waals surface area contributed by atoms with Crippen LogP contribution in [0.25, 0.3) is 16.9 Å². The van der Waals surface area contributed by atoms with Gasteiger partial charge in [0.2, 0.25) is 0 Å². The van der Waals surface area contributed by atoms with Crippen molar-refractivity contribution in [1.82, 2.24) is 14.8 Å². The van der Waals surface area contributed by atoms with Crippen LogP contribution in [0, 0.1) is 6.92 Å². The van der Waals surface area contributed by atoms with Gasteiger partial charge in [0.1, 0.15) is 5.56 Å². The van der Waals surface area contributed by atoms with Crippen molar-refractivity contribution < 1.29 is 9.90 Å². The molecule has 3 rings (SSSR count).